The van der Waals surface area contributed by atoms with Gasteiger partial charge in [-0.3, -0.25) is 4.90 Å². The molecule has 0 amide bonds. The fraction of sp³-hybridized carbons (Fsp3) is 0.455. The molecule has 0 spiro atoms. The fourth-order valence-electron chi connectivity index (χ4n) is 1.77. The van der Waals surface area contributed by atoms with Gasteiger partial charge in [0.25, 0.3) is 0 Å². The van der Waals surface area contributed by atoms with Crippen molar-refractivity contribution in [2.45, 2.75) is 19.1 Å². The van der Waals surface area contributed by atoms with Crippen molar-refractivity contribution >= 4 is 0 Å². The number of likely N-dealkylation sites (tertiary alicyclic amines) is 1. The molecule has 1 saturated heterocycles. The second kappa shape index (κ2) is 3.90. The molecule has 1 heterocycles. The maximum absolute atomic E-state index is 3.30. The Hall–Kier alpha value is -0.860. The van der Waals surface area contributed by atoms with E-state index in [4.69, 9.17) is 0 Å². The molecule has 2 rings (SSSR count). The van der Waals surface area contributed by atoms with E-state index in [2.05, 4.69) is 40.5 Å². The maximum Gasteiger partial charge on any atom is 0.0610 e. The number of hydrogen-bond acceptors (Lipinski definition) is 2. The minimum atomic E-state index is 0.597. The highest BCUT2D eigenvalue weighted by Crippen LogP contribution is 2.17. The van der Waals surface area contributed by atoms with E-state index in [1.165, 1.54) is 18.5 Å². The largest absolute Gasteiger partial charge is 0.305 e. The highest BCUT2D eigenvalue weighted by molar-refractivity contribution is 5.14. The van der Waals surface area contributed by atoms with Crippen LogP contribution in [-0.2, 0) is 6.54 Å². The van der Waals surface area contributed by atoms with Gasteiger partial charge in [0.05, 0.1) is 6.17 Å². The van der Waals surface area contributed by atoms with Gasteiger partial charge < -0.3 is 5.32 Å². The number of nitrogens with zero attached hydrogens (tertiary/aromatic N) is 1. The lowest BCUT2D eigenvalue weighted by atomic mass is 10.1. The molecule has 2 heteroatoms. The van der Waals surface area contributed by atoms with E-state index in [1.54, 1.807) is 0 Å². The van der Waals surface area contributed by atoms with Crippen molar-refractivity contribution in [3.63, 3.8) is 0 Å². The topological polar surface area (TPSA) is 15.3 Å². The lowest BCUT2D eigenvalue weighted by Crippen LogP contribution is -2.53. The Morgan fingerprint density at radius 2 is 2.15 bits per heavy atom. The van der Waals surface area contributed by atoms with Crippen LogP contribution in [0.1, 0.15) is 12.0 Å². The summed E-state index contributed by atoms with van der Waals surface area (Å²) in [5.41, 5.74) is 1.41. The molecule has 0 aromatic heterocycles. The molecule has 0 radical (unpaired) electrons. The molecule has 1 aliphatic heterocycles. The number of nitrogens with one attached hydrogen (secondary N) is 1. The van der Waals surface area contributed by atoms with Gasteiger partial charge in [-0.2, -0.15) is 0 Å². The van der Waals surface area contributed by atoms with Crippen LogP contribution in [-0.4, -0.2) is 24.7 Å². The van der Waals surface area contributed by atoms with Gasteiger partial charge in [0, 0.05) is 13.1 Å². The van der Waals surface area contributed by atoms with Crippen LogP contribution in [0.25, 0.3) is 0 Å². The third-order valence-electron chi connectivity index (χ3n) is 2.69. The predicted molar refractivity (Wildman–Crippen MR) is 54.3 cm³/mol. The minimum absolute atomic E-state index is 0.597. The number of benzene rings is 1. The van der Waals surface area contributed by atoms with Crippen LogP contribution in [0.5, 0.6) is 0 Å². The van der Waals surface area contributed by atoms with Crippen molar-refractivity contribution < 1.29 is 0 Å². The van der Waals surface area contributed by atoms with Gasteiger partial charge in [-0.15, -0.1) is 0 Å². The molecule has 0 aliphatic carbocycles. The van der Waals surface area contributed by atoms with Crippen molar-refractivity contribution in [2.24, 2.45) is 0 Å². The monoisotopic (exact) mass is 176 g/mol. The van der Waals surface area contributed by atoms with Gasteiger partial charge in [0.15, 0.2) is 0 Å². The van der Waals surface area contributed by atoms with Crippen LogP contribution < -0.4 is 5.32 Å². The van der Waals surface area contributed by atoms with E-state index < -0.39 is 0 Å². The van der Waals surface area contributed by atoms with E-state index in [0.29, 0.717) is 6.17 Å². The highest BCUT2D eigenvalue weighted by atomic mass is 15.3. The van der Waals surface area contributed by atoms with Crippen LogP contribution in [0, 0.1) is 0 Å². The Bertz CT molecular complexity index is 256. The lowest BCUT2D eigenvalue weighted by molar-refractivity contribution is 0.0622. The van der Waals surface area contributed by atoms with Crippen LogP contribution in [0.3, 0.4) is 0 Å². The molecule has 2 nitrogen and oxygen atoms in total. The Balaban J connectivity index is 1.92. The summed E-state index contributed by atoms with van der Waals surface area (Å²) in [4.78, 5) is 2.45. The Kier molecular flexibility index (Phi) is 2.62. The summed E-state index contributed by atoms with van der Waals surface area (Å²) in [6.07, 6.45) is 1.88. The summed E-state index contributed by atoms with van der Waals surface area (Å²) in [5.74, 6) is 0. The van der Waals surface area contributed by atoms with E-state index in [-0.39, 0.29) is 0 Å². The molecule has 13 heavy (non-hydrogen) atoms. The molecule has 1 aromatic rings. The Morgan fingerprint density at radius 3 is 2.69 bits per heavy atom. The second-order valence-corrected chi connectivity index (χ2v) is 3.55. The first-order valence-corrected chi connectivity index (χ1v) is 4.85. The van der Waals surface area contributed by atoms with Gasteiger partial charge in [0.1, 0.15) is 0 Å². The van der Waals surface area contributed by atoms with Gasteiger partial charge in [0.2, 0.25) is 0 Å². The van der Waals surface area contributed by atoms with Crippen LogP contribution in [0.4, 0.5) is 0 Å². The van der Waals surface area contributed by atoms with Gasteiger partial charge in [-0.1, -0.05) is 30.3 Å². The third-order valence-corrected chi connectivity index (χ3v) is 2.69. The summed E-state index contributed by atoms with van der Waals surface area (Å²) in [6, 6.07) is 10.6. The van der Waals surface area contributed by atoms with Crippen LogP contribution >= 0.6 is 0 Å². The summed E-state index contributed by atoms with van der Waals surface area (Å²) in [6.45, 7) is 2.30. The average molecular weight is 176 g/mol. The molecule has 1 aromatic carbocycles. The molecule has 1 fully saturated rings. The van der Waals surface area contributed by atoms with E-state index in [9.17, 15) is 0 Å². The quantitative estimate of drug-likeness (QED) is 0.749. The first-order chi connectivity index (χ1) is 6.40. The van der Waals surface area contributed by atoms with Gasteiger partial charge in [-0.05, 0) is 19.0 Å². The highest BCUT2D eigenvalue weighted by Gasteiger charge is 2.25. The predicted octanol–water partition coefficient (Wildman–Crippen LogP) is 1.44. The molecule has 0 unspecified atom stereocenters. The standard InChI is InChI=1S/C11H16N2/c1-12-11-7-8-13(11)9-10-5-3-2-4-6-10/h2-6,11-12H,7-9H2,1H3/t11-/m1/s1. The Labute approximate surface area is 79.6 Å². The van der Waals surface area contributed by atoms with Crippen LogP contribution in [0.2, 0.25) is 0 Å². The molecule has 0 bridgehead atoms. The zero-order valence-electron chi connectivity index (χ0n) is 8.03. The Morgan fingerprint density at radius 1 is 1.38 bits per heavy atom. The van der Waals surface area contributed by atoms with E-state index in [0.717, 1.165) is 6.54 Å². The number of hydrogen-bond donors (Lipinski definition) is 1. The normalized spacial score (nSPS) is 22.7. The SMILES string of the molecule is CN[C@H]1CCN1Cc1ccccc1. The zero-order valence-corrected chi connectivity index (χ0v) is 8.03. The van der Waals surface area contributed by atoms with Crippen LogP contribution in [0.15, 0.2) is 30.3 Å². The van der Waals surface area contributed by atoms with Crippen molar-refractivity contribution in [3.8, 4) is 0 Å². The summed E-state index contributed by atoms with van der Waals surface area (Å²) < 4.78 is 0. The maximum atomic E-state index is 3.30. The second-order valence-electron chi connectivity index (χ2n) is 3.55. The first-order valence-electron chi connectivity index (χ1n) is 4.85. The number of rotatable bonds is 3. The summed E-state index contributed by atoms with van der Waals surface area (Å²) in [7, 11) is 2.03. The van der Waals surface area contributed by atoms with Crippen molar-refractivity contribution in [2.75, 3.05) is 13.6 Å². The summed E-state index contributed by atoms with van der Waals surface area (Å²) in [5, 5.41) is 3.30. The summed E-state index contributed by atoms with van der Waals surface area (Å²) >= 11 is 0. The van der Waals surface area contributed by atoms with Gasteiger partial charge >= 0.3 is 0 Å². The first kappa shape index (κ1) is 8.73. The smallest absolute Gasteiger partial charge is 0.0610 e. The zero-order chi connectivity index (χ0) is 9.10. The molecular weight excluding hydrogens is 160 g/mol. The fourth-order valence-corrected chi connectivity index (χ4v) is 1.77. The molecule has 1 N–H and O–H groups in total. The van der Waals surface area contributed by atoms with Gasteiger partial charge in [-0.25, -0.2) is 0 Å². The van der Waals surface area contributed by atoms with E-state index in [1.807, 2.05) is 7.05 Å². The van der Waals surface area contributed by atoms with E-state index >= 15 is 0 Å². The average Bonchev–Trinajstić information content (AvgIpc) is 2.15. The third kappa shape index (κ3) is 1.90. The molecular formula is C11H16N2. The molecule has 1 aliphatic rings. The molecule has 1 atom stereocenters. The minimum Gasteiger partial charge on any atom is -0.305 e. The molecule has 70 valence electrons. The van der Waals surface area contributed by atoms with Crippen molar-refractivity contribution in [1.29, 1.82) is 0 Å². The lowest BCUT2D eigenvalue weighted by Gasteiger charge is -2.40. The molecule has 0 saturated carbocycles. The van der Waals surface area contributed by atoms with Crippen molar-refractivity contribution in [1.82, 2.24) is 10.2 Å². The van der Waals surface area contributed by atoms with Crippen molar-refractivity contribution in [3.05, 3.63) is 35.9 Å².